The van der Waals surface area contributed by atoms with E-state index in [-0.39, 0.29) is 11.8 Å². The molecule has 1 aromatic rings. The fourth-order valence-corrected chi connectivity index (χ4v) is 3.54. The molecule has 7 nitrogen and oxygen atoms in total. The van der Waals surface area contributed by atoms with Gasteiger partial charge in [-0.05, 0) is 32.3 Å². The molecule has 0 aromatic carbocycles. The molecule has 1 aliphatic rings. The van der Waals surface area contributed by atoms with E-state index < -0.39 is 21.2 Å². The number of nitrogens with one attached hydrogen (secondary N) is 1. The Morgan fingerprint density at radius 1 is 1.39 bits per heavy atom. The van der Waals surface area contributed by atoms with Crippen molar-refractivity contribution in [1.82, 2.24) is 9.62 Å². The standard InChI is InChI=1S/C15H22N2O5S/c1-3-11(2)23(20,21)16-14(18)12-4-7-17(8-5-12)15(19)13-6-9-22-10-13/h6,9-12H,3-5,7-8H2,1-2H3,(H,16,18). The summed E-state index contributed by atoms with van der Waals surface area (Å²) in [6.45, 7) is 4.17. The van der Waals surface area contributed by atoms with Crippen LogP contribution in [0.5, 0.6) is 0 Å². The van der Waals surface area contributed by atoms with Gasteiger partial charge < -0.3 is 9.32 Å². The van der Waals surface area contributed by atoms with Gasteiger partial charge in [-0.3, -0.25) is 14.3 Å². The van der Waals surface area contributed by atoms with Crippen molar-refractivity contribution in [3.63, 3.8) is 0 Å². The van der Waals surface area contributed by atoms with Crippen molar-refractivity contribution in [2.75, 3.05) is 13.1 Å². The zero-order valence-corrected chi connectivity index (χ0v) is 14.1. The number of carbonyl (C=O) groups excluding carboxylic acids is 2. The Balaban J connectivity index is 1.89. The number of hydrogen-bond donors (Lipinski definition) is 1. The molecule has 1 atom stereocenters. The van der Waals surface area contributed by atoms with Crippen LogP contribution in [-0.4, -0.2) is 43.5 Å². The molecule has 2 amide bonds. The molecule has 1 fully saturated rings. The summed E-state index contributed by atoms with van der Waals surface area (Å²) in [6.07, 6.45) is 4.17. The number of nitrogens with zero attached hydrogens (tertiary/aromatic N) is 1. The molecule has 1 aromatic heterocycles. The second kappa shape index (κ2) is 7.16. The van der Waals surface area contributed by atoms with Crippen LogP contribution in [0.1, 0.15) is 43.5 Å². The number of sulfonamides is 1. The first kappa shape index (κ1) is 17.5. The summed E-state index contributed by atoms with van der Waals surface area (Å²) < 4.78 is 30.9. The summed E-state index contributed by atoms with van der Waals surface area (Å²) in [7, 11) is -3.62. The Morgan fingerprint density at radius 3 is 2.57 bits per heavy atom. The van der Waals surface area contributed by atoms with Gasteiger partial charge in [0.1, 0.15) is 6.26 Å². The van der Waals surface area contributed by atoms with Crippen LogP contribution >= 0.6 is 0 Å². The van der Waals surface area contributed by atoms with Gasteiger partial charge in [-0.25, -0.2) is 8.42 Å². The molecule has 128 valence electrons. The van der Waals surface area contributed by atoms with Crippen LogP contribution in [0, 0.1) is 5.92 Å². The van der Waals surface area contributed by atoms with Crippen molar-refractivity contribution in [3.8, 4) is 0 Å². The number of carbonyl (C=O) groups is 2. The van der Waals surface area contributed by atoms with Crippen molar-refractivity contribution in [2.24, 2.45) is 5.92 Å². The van der Waals surface area contributed by atoms with Gasteiger partial charge in [0.25, 0.3) is 5.91 Å². The summed E-state index contributed by atoms with van der Waals surface area (Å²) in [4.78, 5) is 25.9. The molecule has 0 bridgehead atoms. The van der Waals surface area contributed by atoms with Crippen LogP contribution in [0.3, 0.4) is 0 Å². The second-order valence-electron chi connectivity index (χ2n) is 5.81. The monoisotopic (exact) mass is 342 g/mol. The van der Waals surface area contributed by atoms with Gasteiger partial charge in [-0.1, -0.05) is 6.92 Å². The summed E-state index contributed by atoms with van der Waals surface area (Å²) in [5.41, 5.74) is 0.479. The topological polar surface area (TPSA) is 96.7 Å². The van der Waals surface area contributed by atoms with Crippen LogP contribution in [0.4, 0.5) is 0 Å². The molecule has 1 aliphatic heterocycles. The summed E-state index contributed by atoms with van der Waals surface area (Å²) >= 11 is 0. The smallest absolute Gasteiger partial charge is 0.257 e. The van der Waals surface area contributed by atoms with Gasteiger partial charge in [0.2, 0.25) is 15.9 Å². The minimum absolute atomic E-state index is 0.134. The van der Waals surface area contributed by atoms with Crippen molar-refractivity contribution in [1.29, 1.82) is 0 Å². The van der Waals surface area contributed by atoms with E-state index in [0.717, 1.165) is 0 Å². The molecular formula is C15H22N2O5S. The van der Waals surface area contributed by atoms with Crippen LogP contribution in [0.15, 0.2) is 23.0 Å². The molecular weight excluding hydrogens is 320 g/mol. The fraction of sp³-hybridized carbons (Fsp3) is 0.600. The number of likely N-dealkylation sites (tertiary alicyclic amines) is 1. The molecule has 1 saturated heterocycles. The van der Waals surface area contributed by atoms with Crippen LogP contribution in [0.2, 0.25) is 0 Å². The molecule has 23 heavy (non-hydrogen) atoms. The maximum absolute atomic E-state index is 12.2. The maximum Gasteiger partial charge on any atom is 0.257 e. The predicted octanol–water partition coefficient (Wildman–Crippen LogP) is 1.38. The lowest BCUT2D eigenvalue weighted by Gasteiger charge is -2.31. The average molecular weight is 342 g/mol. The van der Waals surface area contributed by atoms with E-state index in [9.17, 15) is 18.0 Å². The third-order valence-electron chi connectivity index (χ3n) is 4.27. The lowest BCUT2D eigenvalue weighted by molar-refractivity contribution is -0.124. The zero-order valence-electron chi connectivity index (χ0n) is 13.3. The van der Waals surface area contributed by atoms with E-state index in [4.69, 9.17) is 4.42 Å². The van der Waals surface area contributed by atoms with E-state index in [1.807, 2.05) is 0 Å². The number of amides is 2. The van der Waals surface area contributed by atoms with Crippen molar-refractivity contribution >= 4 is 21.8 Å². The molecule has 0 spiro atoms. The van der Waals surface area contributed by atoms with E-state index >= 15 is 0 Å². The number of hydrogen-bond acceptors (Lipinski definition) is 5. The van der Waals surface area contributed by atoms with Gasteiger partial charge >= 0.3 is 0 Å². The fourth-order valence-electron chi connectivity index (χ4n) is 2.46. The second-order valence-corrected chi connectivity index (χ2v) is 7.91. The molecule has 1 N–H and O–H groups in total. The molecule has 1 unspecified atom stereocenters. The SMILES string of the molecule is CCC(C)S(=O)(=O)NC(=O)C1CCN(C(=O)c2ccoc2)CC1. The van der Waals surface area contributed by atoms with E-state index in [1.165, 1.54) is 12.5 Å². The first-order valence-electron chi connectivity index (χ1n) is 7.72. The van der Waals surface area contributed by atoms with Crippen molar-refractivity contribution in [3.05, 3.63) is 24.2 Å². The number of furan rings is 1. The Kier molecular flexibility index (Phi) is 5.46. The van der Waals surface area contributed by atoms with Crippen molar-refractivity contribution < 1.29 is 22.4 Å². The number of rotatable bonds is 5. The Hall–Kier alpha value is -1.83. The Morgan fingerprint density at radius 2 is 2.04 bits per heavy atom. The first-order valence-corrected chi connectivity index (χ1v) is 9.26. The van der Waals surface area contributed by atoms with Crippen molar-refractivity contribution in [2.45, 2.75) is 38.4 Å². The summed E-state index contributed by atoms with van der Waals surface area (Å²) in [5.74, 6) is -0.993. The molecule has 2 heterocycles. The predicted molar refractivity (Wildman–Crippen MR) is 84.2 cm³/mol. The minimum atomic E-state index is -3.62. The summed E-state index contributed by atoms with van der Waals surface area (Å²) in [5, 5.41) is -0.603. The van der Waals surface area contributed by atoms with Crippen LogP contribution < -0.4 is 4.72 Å². The quantitative estimate of drug-likeness (QED) is 0.872. The zero-order chi connectivity index (χ0) is 17.0. The Labute approximate surface area is 136 Å². The third-order valence-corrected chi connectivity index (χ3v) is 6.15. The Bertz CT molecular complexity index is 645. The van der Waals surface area contributed by atoms with E-state index in [0.29, 0.717) is 37.9 Å². The molecule has 0 radical (unpaired) electrons. The minimum Gasteiger partial charge on any atom is -0.472 e. The molecule has 2 rings (SSSR count). The molecule has 8 heteroatoms. The lowest BCUT2D eigenvalue weighted by atomic mass is 9.96. The average Bonchev–Trinajstić information content (AvgIpc) is 3.07. The van der Waals surface area contributed by atoms with Gasteiger partial charge in [0, 0.05) is 19.0 Å². The van der Waals surface area contributed by atoms with Gasteiger partial charge in [0.05, 0.1) is 17.1 Å². The molecule has 0 aliphatic carbocycles. The third kappa shape index (κ3) is 4.13. The largest absolute Gasteiger partial charge is 0.472 e. The highest BCUT2D eigenvalue weighted by molar-refractivity contribution is 7.90. The van der Waals surface area contributed by atoms with Crippen LogP contribution in [0.25, 0.3) is 0 Å². The maximum atomic E-state index is 12.2. The normalized spacial score (nSPS) is 17.7. The highest BCUT2D eigenvalue weighted by atomic mass is 32.2. The van der Waals surface area contributed by atoms with Gasteiger partial charge in [-0.15, -0.1) is 0 Å². The lowest BCUT2D eigenvalue weighted by Crippen LogP contribution is -2.45. The molecule has 0 saturated carbocycles. The van der Waals surface area contributed by atoms with E-state index in [1.54, 1.807) is 24.8 Å². The van der Waals surface area contributed by atoms with Crippen LogP contribution in [-0.2, 0) is 14.8 Å². The number of piperidine rings is 1. The highest BCUT2D eigenvalue weighted by Gasteiger charge is 2.31. The van der Waals surface area contributed by atoms with Gasteiger partial charge in [0.15, 0.2) is 0 Å². The van der Waals surface area contributed by atoms with Gasteiger partial charge in [-0.2, -0.15) is 0 Å². The first-order chi connectivity index (χ1) is 10.8. The highest BCUT2D eigenvalue weighted by Crippen LogP contribution is 2.20. The summed E-state index contributed by atoms with van der Waals surface area (Å²) in [6, 6.07) is 1.60. The van der Waals surface area contributed by atoms with E-state index in [2.05, 4.69) is 4.72 Å².